The van der Waals surface area contributed by atoms with Gasteiger partial charge in [-0.25, -0.2) is 4.68 Å². The van der Waals surface area contributed by atoms with E-state index in [1.165, 1.54) is 0 Å². The quantitative estimate of drug-likeness (QED) is 0.371. The van der Waals surface area contributed by atoms with Crippen LogP contribution in [0.15, 0.2) is 79.1 Å². The van der Waals surface area contributed by atoms with Gasteiger partial charge >= 0.3 is 0 Å². The summed E-state index contributed by atoms with van der Waals surface area (Å²) in [5.74, 6) is -0.221. The zero-order valence-corrected chi connectivity index (χ0v) is 18.9. The molecule has 6 nitrogen and oxygen atoms in total. The Morgan fingerprint density at radius 2 is 1.97 bits per heavy atom. The molecule has 0 fully saturated rings. The number of nitriles is 1. The molecule has 0 aliphatic rings. The molecule has 33 heavy (non-hydrogen) atoms. The number of aromatic nitrogens is 3. The maximum Gasteiger partial charge on any atom is 0.272 e. The van der Waals surface area contributed by atoms with Crippen LogP contribution in [-0.4, -0.2) is 32.1 Å². The highest BCUT2D eigenvalue weighted by Crippen LogP contribution is 2.29. The topological polar surface area (TPSA) is 74.8 Å². The van der Waals surface area contributed by atoms with Crippen LogP contribution in [0.2, 0.25) is 5.02 Å². The summed E-state index contributed by atoms with van der Waals surface area (Å²) in [6.45, 7) is 2.63. The van der Waals surface area contributed by atoms with Gasteiger partial charge < -0.3 is 4.90 Å². The Morgan fingerprint density at radius 1 is 1.12 bits per heavy atom. The van der Waals surface area contributed by atoms with E-state index < -0.39 is 0 Å². The standard InChI is InChI=1S/C26H22ClN5O/c1-19-7-4-9-21(15-19)32-25(16-24(30-32)22-10-2-3-11-23(22)27)26(33)31(14-6-12-28)18-20-8-5-13-29-17-20/h2-5,7-11,13,15-17H,6,14,18H2,1H3. The van der Waals surface area contributed by atoms with E-state index in [4.69, 9.17) is 22.0 Å². The molecule has 0 spiro atoms. The summed E-state index contributed by atoms with van der Waals surface area (Å²) < 4.78 is 1.65. The Balaban J connectivity index is 1.80. The predicted molar refractivity (Wildman–Crippen MR) is 128 cm³/mol. The number of carbonyl (C=O) groups is 1. The van der Waals surface area contributed by atoms with Crippen LogP contribution in [0.4, 0.5) is 0 Å². The van der Waals surface area contributed by atoms with Gasteiger partial charge in [-0.3, -0.25) is 9.78 Å². The van der Waals surface area contributed by atoms with Gasteiger partial charge in [-0.15, -0.1) is 0 Å². The lowest BCUT2D eigenvalue weighted by atomic mass is 10.1. The number of rotatable bonds is 7. The van der Waals surface area contributed by atoms with Gasteiger partial charge in [0.25, 0.3) is 5.91 Å². The highest BCUT2D eigenvalue weighted by molar-refractivity contribution is 6.33. The predicted octanol–water partition coefficient (Wildman–Crippen LogP) is 5.45. The first-order valence-electron chi connectivity index (χ1n) is 10.5. The molecule has 0 aliphatic carbocycles. The second-order valence-corrected chi connectivity index (χ2v) is 8.05. The molecule has 0 N–H and O–H groups in total. The van der Waals surface area contributed by atoms with Gasteiger partial charge in [-0.05, 0) is 48.4 Å². The molecular weight excluding hydrogens is 434 g/mol. The number of hydrogen-bond donors (Lipinski definition) is 0. The fourth-order valence-corrected chi connectivity index (χ4v) is 3.83. The number of amides is 1. The molecule has 0 radical (unpaired) electrons. The van der Waals surface area contributed by atoms with E-state index in [0.717, 1.165) is 22.4 Å². The Labute approximate surface area is 197 Å². The third-order valence-corrected chi connectivity index (χ3v) is 5.53. The molecule has 2 aromatic carbocycles. The van der Waals surface area contributed by atoms with E-state index in [9.17, 15) is 4.79 Å². The first kappa shape index (κ1) is 22.3. The van der Waals surface area contributed by atoms with Gasteiger partial charge in [0, 0.05) is 31.0 Å². The minimum absolute atomic E-state index is 0.221. The van der Waals surface area contributed by atoms with Crippen LogP contribution in [0.1, 0.15) is 28.0 Å². The summed E-state index contributed by atoms with van der Waals surface area (Å²) in [4.78, 5) is 19.6. The summed E-state index contributed by atoms with van der Waals surface area (Å²) in [6, 6.07) is 22.8. The lowest BCUT2D eigenvalue weighted by Gasteiger charge is -2.22. The summed E-state index contributed by atoms with van der Waals surface area (Å²) in [5, 5.41) is 14.5. The zero-order chi connectivity index (χ0) is 23.2. The van der Waals surface area contributed by atoms with E-state index in [-0.39, 0.29) is 12.3 Å². The number of benzene rings is 2. The second kappa shape index (κ2) is 10.1. The van der Waals surface area contributed by atoms with Crippen molar-refractivity contribution in [3.8, 4) is 23.0 Å². The third kappa shape index (κ3) is 5.11. The molecule has 0 unspecified atom stereocenters. The Hall–Kier alpha value is -3.95. The van der Waals surface area contributed by atoms with Crippen LogP contribution < -0.4 is 0 Å². The molecule has 164 valence electrons. The molecule has 1 amide bonds. The van der Waals surface area contributed by atoms with Crippen molar-refractivity contribution in [3.05, 3.63) is 101 Å². The normalized spacial score (nSPS) is 10.6. The van der Waals surface area contributed by atoms with Crippen molar-refractivity contribution in [1.82, 2.24) is 19.7 Å². The molecule has 0 atom stereocenters. The molecule has 0 bridgehead atoms. The maximum atomic E-state index is 13.8. The van der Waals surface area contributed by atoms with E-state index in [1.54, 1.807) is 34.1 Å². The number of pyridine rings is 1. The van der Waals surface area contributed by atoms with Gasteiger partial charge in [-0.2, -0.15) is 10.4 Å². The maximum absolute atomic E-state index is 13.8. The van der Waals surface area contributed by atoms with Crippen molar-refractivity contribution in [3.63, 3.8) is 0 Å². The average molecular weight is 456 g/mol. The van der Waals surface area contributed by atoms with Crippen molar-refractivity contribution in [2.75, 3.05) is 6.54 Å². The molecule has 0 saturated carbocycles. The molecule has 2 heterocycles. The van der Waals surface area contributed by atoms with Crippen molar-refractivity contribution >= 4 is 17.5 Å². The fourth-order valence-electron chi connectivity index (χ4n) is 3.60. The lowest BCUT2D eigenvalue weighted by molar-refractivity contribution is 0.0737. The van der Waals surface area contributed by atoms with Crippen LogP contribution in [0, 0.1) is 18.3 Å². The van der Waals surface area contributed by atoms with Crippen LogP contribution in [0.3, 0.4) is 0 Å². The Bertz CT molecular complexity index is 1310. The molecular formula is C26H22ClN5O. The van der Waals surface area contributed by atoms with Gasteiger partial charge in [0.15, 0.2) is 0 Å². The van der Waals surface area contributed by atoms with Crippen LogP contribution in [0.25, 0.3) is 16.9 Å². The van der Waals surface area contributed by atoms with Crippen molar-refractivity contribution < 1.29 is 4.79 Å². The van der Waals surface area contributed by atoms with Crippen LogP contribution in [0.5, 0.6) is 0 Å². The average Bonchev–Trinajstić information content (AvgIpc) is 3.27. The summed E-state index contributed by atoms with van der Waals surface area (Å²) >= 11 is 6.42. The third-order valence-electron chi connectivity index (χ3n) is 5.20. The molecule has 0 saturated heterocycles. The Kier molecular flexibility index (Phi) is 6.82. The number of halogens is 1. The summed E-state index contributed by atoms with van der Waals surface area (Å²) in [6.07, 6.45) is 3.63. The zero-order valence-electron chi connectivity index (χ0n) is 18.1. The van der Waals surface area contributed by atoms with Crippen molar-refractivity contribution in [2.45, 2.75) is 19.9 Å². The van der Waals surface area contributed by atoms with E-state index in [0.29, 0.717) is 29.5 Å². The lowest BCUT2D eigenvalue weighted by Crippen LogP contribution is -2.33. The first-order valence-corrected chi connectivity index (χ1v) is 10.9. The van der Waals surface area contributed by atoms with Crippen LogP contribution >= 0.6 is 11.6 Å². The number of aryl methyl sites for hydroxylation is 1. The van der Waals surface area contributed by atoms with Gasteiger partial charge in [0.2, 0.25) is 0 Å². The second-order valence-electron chi connectivity index (χ2n) is 7.64. The van der Waals surface area contributed by atoms with Gasteiger partial charge in [-0.1, -0.05) is 48.0 Å². The molecule has 0 aliphatic heterocycles. The smallest absolute Gasteiger partial charge is 0.272 e. The van der Waals surface area contributed by atoms with Gasteiger partial charge in [0.1, 0.15) is 5.69 Å². The minimum Gasteiger partial charge on any atom is -0.332 e. The minimum atomic E-state index is -0.221. The number of nitrogens with zero attached hydrogens (tertiary/aromatic N) is 5. The first-order chi connectivity index (χ1) is 16.1. The molecule has 7 heteroatoms. The van der Waals surface area contributed by atoms with E-state index in [1.807, 2.05) is 61.5 Å². The number of carbonyl (C=O) groups excluding carboxylic acids is 1. The van der Waals surface area contributed by atoms with Gasteiger partial charge in [0.05, 0.1) is 28.9 Å². The summed E-state index contributed by atoms with van der Waals surface area (Å²) in [5.41, 5.74) is 4.47. The van der Waals surface area contributed by atoms with Crippen LogP contribution in [-0.2, 0) is 6.54 Å². The van der Waals surface area contributed by atoms with Crippen molar-refractivity contribution in [1.29, 1.82) is 5.26 Å². The molecule has 4 aromatic rings. The highest BCUT2D eigenvalue weighted by Gasteiger charge is 2.24. The van der Waals surface area contributed by atoms with E-state index >= 15 is 0 Å². The SMILES string of the molecule is Cc1cccc(-n2nc(-c3ccccc3Cl)cc2C(=O)N(CCC#N)Cc2cccnc2)c1. The molecule has 2 aromatic heterocycles. The largest absolute Gasteiger partial charge is 0.332 e. The summed E-state index contributed by atoms with van der Waals surface area (Å²) in [7, 11) is 0. The highest BCUT2D eigenvalue weighted by atomic mass is 35.5. The fraction of sp³-hybridized carbons (Fsp3) is 0.154. The number of hydrogen-bond acceptors (Lipinski definition) is 4. The Morgan fingerprint density at radius 3 is 2.70 bits per heavy atom. The van der Waals surface area contributed by atoms with E-state index in [2.05, 4.69) is 11.1 Å². The van der Waals surface area contributed by atoms with Crippen molar-refractivity contribution in [2.24, 2.45) is 0 Å². The monoisotopic (exact) mass is 455 g/mol. The molecule has 4 rings (SSSR count).